The van der Waals surface area contributed by atoms with E-state index in [2.05, 4.69) is 12.2 Å². The molecule has 0 fully saturated rings. The fourth-order valence-electron chi connectivity index (χ4n) is 3.22. The second kappa shape index (κ2) is 14.9. The molecule has 1 N–H and O–H groups in total. The summed E-state index contributed by atoms with van der Waals surface area (Å²) in [5, 5.41) is 2.80. The maximum atomic E-state index is 12.6. The van der Waals surface area contributed by atoms with Gasteiger partial charge in [-0.1, -0.05) is 84.3 Å². The Morgan fingerprint density at radius 1 is 0.931 bits per heavy atom. The maximum Gasteiger partial charge on any atom is 0.328 e. The summed E-state index contributed by atoms with van der Waals surface area (Å²) in [6.45, 7) is 6.43. The van der Waals surface area contributed by atoms with E-state index in [-0.39, 0.29) is 17.8 Å². The first-order valence-corrected chi connectivity index (χ1v) is 11.1. The molecule has 1 aromatic rings. The van der Waals surface area contributed by atoms with Crippen LogP contribution < -0.4 is 10.1 Å². The molecular weight excluding hydrogens is 366 g/mol. The van der Waals surface area contributed by atoms with Gasteiger partial charge in [0, 0.05) is 0 Å². The van der Waals surface area contributed by atoms with Crippen LogP contribution in [0.25, 0.3) is 0 Å². The van der Waals surface area contributed by atoms with Crippen molar-refractivity contribution in [3.8, 4) is 5.75 Å². The molecule has 164 valence electrons. The van der Waals surface area contributed by atoms with E-state index in [4.69, 9.17) is 9.47 Å². The van der Waals surface area contributed by atoms with Crippen molar-refractivity contribution in [1.82, 2.24) is 5.32 Å². The van der Waals surface area contributed by atoms with E-state index >= 15 is 0 Å². The van der Waals surface area contributed by atoms with E-state index in [0.717, 1.165) is 12.8 Å². The van der Waals surface area contributed by atoms with Crippen LogP contribution in [-0.4, -0.2) is 31.6 Å². The lowest BCUT2D eigenvalue weighted by atomic mass is 10.0. The van der Waals surface area contributed by atoms with Crippen molar-refractivity contribution in [2.75, 3.05) is 13.7 Å². The average Bonchev–Trinajstić information content (AvgIpc) is 2.72. The van der Waals surface area contributed by atoms with Gasteiger partial charge >= 0.3 is 5.97 Å². The SMILES string of the molecule is CCCCCCCCCCCOC(=O)C(NC(=O)c1ccccc1OC)C(C)C. The van der Waals surface area contributed by atoms with Crippen molar-refractivity contribution in [2.45, 2.75) is 84.6 Å². The van der Waals surface area contributed by atoms with Crippen molar-refractivity contribution in [3.05, 3.63) is 29.8 Å². The second-order valence-corrected chi connectivity index (χ2v) is 7.89. The van der Waals surface area contributed by atoms with Crippen LogP contribution in [0.3, 0.4) is 0 Å². The largest absolute Gasteiger partial charge is 0.496 e. The predicted molar refractivity (Wildman–Crippen MR) is 117 cm³/mol. The van der Waals surface area contributed by atoms with E-state index in [1.54, 1.807) is 24.3 Å². The summed E-state index contributed by atoms with van der Waals surface area (Å²) in [6, 6.07) is 6.30. The highest BCUT2D eigenvalue weighted by Crippen LogP contribution is 2.18. The zero-order valence-corrected chi connectivity index (χ0v) is 18.7. The fourth-order valence-corrected chi connectivity index (χ4v) is 3.22. The average molecular weight is 406 g/mol. The van der Waals surface area contributed by atoms with E-state index in [1.807, 2.05) is 13.8 Å². The molecule has 5 nitrogen and oxygen atoms in total. The van der Waals surface area contributed by atoms with Gasteiger partial charge < -0.3 is 14.8 Å². The van der Waals surface area contributed by atoms with Gasteiger partial charge in [0.15, 0.2) is 0 Å². The number of carbonyl (C=O) groups is 2. The van der Waals surface area contributed by atoms with Crippen LogP contribution in [-0.2, 0) is 9.53 Å². The lowest BCUT2D eigenvalue weighted by Gasteiger charge is -2.21. The molecule has 0 aromatic heterocycles. The lowest BCUT2D eigenvalue weighted by Crippen LogP contribution is -2.45. The summed E-state index contributed by atoms with van der Waals surface area (Å²) in [5.41, 5.74) is 0.410. The van der Waals surface area contributed by atoms with Crippen LogP contribution in [0, 0.1) is 5.92 Å². The molecule has 0 aliphatic carbocycles. The Balaban J connectivity index is 2.35. The van der Waals surface area contributed by atoms with Crippen LogP contribution >= 0.6 is 0 Å². The molecule has 1 aromatic carbocycles. The van der Waals surface area contributed by atoms with Crippen molar-refractivity contribution in [3.63, 3.8) is 0 Å². The van der Waals surface area contributed by atoms with Crippen LogP contribution in [0.1, 0.15) is 88.9 Å². The first-order valence-electron chi connectivity index (χ1n) is 11.1. The van der Waals surface area contributed by atoms with E-state index < -0.39 is 6.04 Å². The monoisotopic (exact) mass is 405 g/mol. The summed E-state index contributed by atoms with van der Waals surface area (Å²) in [6.07, 6.45) is 10.9. The molecule has 1 atom stereocenters. The predicted octanol–water partition coefficient (Wildman–Crippen LogP) is 5.52. The van der Waals surface area contributed by atoms with Gasteiger partial charge in [-0.15, -0.1) is 0 Å². The third-order valence-corrected chi connectivity index (χ3v) is 5.05. The number of methoxy groups -OCH3 is 1. The minimum Gasteiger partial charge on any atom is -0.496 e. The number of amides is 1. The van der Waals surface area contributed by atoms with E-state index in [1.165, 1.54) is 52.1 Å². The highest BCUT2D eigenvalue weighted by atomic mass is 16.5. The number of hydrogen-bond acceptors (Lipinski definition) is 4. The zero-order chi connectivity index (χ0) is 21.5. The molecule has 0 saturated carbocycles. The van der Waals surface area contributed by atoms with Crippen LogP contribution in [0.5, 0.6) is 5.75 Å². The molecule has 0 spiro atoms. The number of hydrogen-bond donors (Lipinski definition) is 1. The molecule has 29 heavy (non-hydrogen) atoms. The van der Waals surface area contributed by atoms with Gasteiger partial charge in [0.25, 0.3) is 5.91 Å². The number of carbonyl (C=O) groups excluding carboxylic acids is 2. The van der Waals surface area contributed by atoms with Gasteiger partial charge in [-0.05, 0) is 24.5 Å². The Morgan fingerprint density at radius 3 is 2.10 bits per heavy atom. The van der Waals surface area contributed by atoms with E-state index in [0.29, 0.717) is 17.9 Å². The summed E-state index contributed by atoms with van der Waals surface area (Å²) in [7, 11) is 1.52. The Hall–Kier alpha value is -2.04. The number of ether oxygens (including phenoxy) is 2. The topological polar surface area (TPSA) is 64.6 Å². The van der Waals surface area contributed by atoms with Crippen molar-refractivity contribution in [2.24, 2.45) is 5.92 Å². The number of unbranched alkanes of at least 4 members (excludes halogenated alkanes) is 8. The molecule has 0 saturated heterocycles. The first-order chi connectivity index (χ1) is 14.0. The van der Waals surface area contributed by atoms with Gasteiger partial charge in [-0.3, -0.25) is 4.79 Å². The minimum atomic E-state index is -0.675. The number of nitrogens with one attached hydrogen (secondary N) is 1. The number of para-hydroxylation sites is 1. The minimum absolute atomic E-state index is 0.0655. The molecule has 0 aliphatic rings. The Bertz CT molecular complexity index is 600. The molecule has 0 aliphatic heterocycles. The summed E-state index contributed by atoms with van der Waals surface area (Å²) in [5.74, 6) is -0.288. The summed E-state index contributed by atoms with van der Waals surface area (Å²) < 4.78 is 10.7. The van der Waals surface area contributed by atoms with Crippen molar-refractivity contribution in [1.29, 1.82) is 0 Å². The number of esters is 1. The van der Waals surface area contributed by atoms with Gasteiger partial charge in [0.1, 0.15) is 11.8 Å². The Morgan fingerprint density at radius 2 is 1.52 bits per heavy atom. The van der Waals surface area contributed by atoms with Gasteiger partial charge in [0.05, 0.1) is 19.3 Å². The standard InChI is InChI=1S/C24H39NO4/c1-5-6-7-8-9-10-11-12-15-18-29-24(27)22(19(2)3)25-23(26)20-16-13-14-17-21(20)28-4/h13-14,16-17,19,22H,5-12,15,18H2,1-4H3,(H,25,26). The third kappa shape index (κ3) is 9.82. The van der Waals surface area contributed by atoms with Gasteiger partial charge in [-0.2, -0.15) is 0 Å². The van der Waals surface area contributed by atoms with Crippen LogP contribution in [0.4, 0.5) is 0 Å². The molecular formula is C24H39NO4. The molecule has 5 heteroatoms. The molecule has 1 rings (SSSR count). The normalized spacial score (nSPS) is 11.9. The second-order valence-electron chi connectivity index (χ2n) is 7.89. The quantitative estimate of drug-likeness (QED) is 0.308. The van der Waals surface area contributed by atoms with Crippen LogP contribution in [0.15, 0.2) is 24.3 Å². The number of rotatable bonds is 15. The molecule has 1 unspecified atom stereocenters. The van der Waals surface area contributed by atoms with E-state index in [9.17, 15) is 9.59 Å². The first kappa shape index (κ1) is 25.0. The zero-order valence-electron chi connectivity index (χ0n) is 18.7. The maximum absolute atomic E-state index is 12.6. The third-order valence-electron chi connectivity index (χ3n) is 5.05. The molecule has 1 amide bonds. The Kier molecular flexibility index (Phi) is 12.8. The molecule has 0 bridgehead atoms. The highest BCUT2D eigenvalue weighted by molar-refractivity contribution is 5.99. The van der Waals surface area contributed by atoms with Crippen LogP contribution in [0.2, 0.25) is 0 Å². The lowest BCUT2D eigenvalue weighted by molar-refractivity contribution is -0.147. The Labute approximate surface area is 176 Å². The molecule has 0 heterocycles. The summed E-state index contributed by atoms with van der Waals surface area (Å²) >= 11 is 0. The fraction of sp³-hybridized carbons (Fsp3) is 0.667. The van der Waals surface area contributed by atoms with Gasteiger partial charge in [-0.25, -0.2) is 4.79 Å². The van der Waals surface area contributed by atoms with Crippen molar-refractivity contribution < 1.29 is 19.1 Å². The smallest absolute Gasteiger partial charge is 0.328 e. The van der Waals surface area contributed by atoms with Crippen molar-refractivity contribution >= 4 is 11.9 Å². The van der Waals surface area contributed by atoms with Gasteiger partial charge in [0.2, 0.25) is 0 Å². The molecule has 0 radical (unpaired) electrons. The highest BCUT2D eigenvalue weighted by Gasteiger charge is 2.27. The number of benzene rings is 1. The summed E-state index contributed by atoms with van der Waals surface area (Å²) in [4.78, 5) is 25.1.